The van der Waals surface area contributed by atoms with Crippen molar-refractivity contribution in [3.63, 3.8) is 0 Å². The zero-order valence-corrected chi connectivity index (χ0v) is 4.79. The zero-order valence-electron chi connectivity index (χ0n) is 4.79. The fraction of sp³-hybridized carbons (Fsp3) is 0.667. The number of hydrazine groups is 2. The fourth-order valence-corrected chi connectivity index (χ4v) is 0.335. The predicted octanol–water partition coefficient (Wildman–Crippen LogP) is -2.63. The predicted molar refractivity (Wildman–Crippen MR) is 30.9 cm³/mol. The Kier molecular flexibility index (Phi) is 3.89. The summed E-state index contributed by atoms with van der Waals surface area (Å²) in [6, 6.07) is -0.824. The Bertz CT molecular complexity index is 95.8. The first kappa shape index (κ1) is 8.31. The van der Waals surface area contributed by atoms with Crippen LogP contribution >= 0.6 is 0 Å². The lowest BCUT2D eigenvalue weighted by Gasteiger charge is -2.07. The van der Waals surface area contributed by atoms with Crippen LogP contribution in [0.1, 0.15) is 0 Å². The molecule has 0 saturated heterocycles. The van der Waals surface area contributed by atoms with Gasteiger partial charge in [0.15, 0.2) is 0 Å². The molecule has 0 rings (SSSR count). The van der Waals surface area contributed by atoms with Gasteiger partial charge in [0.2, 0.25) is 0 Å². The van der Waals surface area contributed by atoms with Gasteiger partial charge in [0, 0.05) is 6.54 Å². The number of carbonyl (C=O) groups is 1. The molecule has 0 aliphatic carbocycles. The summed E-state index contributed by atoms with van der Waals surface area (Å²) >= 11 is 0. The van der Waals surface area contributed by atoms with Gasteiger partial charge < -0.3 is 5.11 Å². The molecule has 54 valence electrons. The van der Waals surface area contributed by atoms with Gasteiger partial charge in [0.05, 0.1) is 0 Å². The van der Waals surface area contributed by atoms with E-state index >= 15 is 0 Å². The minimum atomic E-state index is -1.03. The van der Waals surface area contributed by atoms with E-state index in [1.807, 2.05) is 0 Å². The maximum atomic E-state index is 10.1. The minimum absolute atomic E-state index is 0.103. The van der Waals surface area contributed by atoms with E-state index in [1.54, 1.807) is 0 Å². The van der Waals surface area contributed by atoms with E-state index in [0.717, 1.165) is 0 Å². The summed E-state index contributed by atoms with van der Waals surface area (Å²) in [6.45, 7) is 0.103. The number of hydrogen-bond acceptors (Lipinski definition) is 5. The molecule has 6 nitrogen and oxygen atoms in total. The van der Waals surface area contributed by atoms with E-state index in [1.165, 1.54) is 0 Å². The van der Waals surface area contributed by atoms with E-state index < -0.39 is 12.0 Å². The molecule has 0 heterocycles. The first-order valence-corrected chi connectivity index (χ1v) is 2.34. The standard InChI is InChI=1S/C3H10N4O2/c4-6-1-2(7-5)3(8)9/h2,6-7H,1,4-5H2,(H,8,9). The highest BCUT2D eigenvalue weighted by molar-refractivity contribution is 5.73. The highest BCUT2D eigenvalue weighted by Crippen LogP contribution is 1.75. The number of carboxylic acids is 1. The van der Waals surface area contributed by atoms with Crippen molar-refractivity contribution >= 4 is 5.97 Å². The molecule has 6 heteroatoms. The zero-order chi connectivity index (χ0) is 7.28. The molecule has 1 unspecified atom stereocenters. The molecule has 0 fully saturated rings. The van der Waals surface area contributed by atoms with Crippen LogP contribution in [0, 0.1) is 0 Å². The largest absolute Gasteiger partial charge is 0.480 e. The van der Waals surface area contributed by atoms with Gasteiger partial charge in [0.25, 0.3) is 0 Å². The second-order valence-electron chi connectivity index (χ2n) is 1.47. The number of aliphatic carboxylic acids is 1. The van der Waals surface area contributed by atoms with Gasteiger partial charge in [-0.3, -0.25) is 21.9 Å². The van der Waals surface area contributed by atoms with Crippen molar-refractivity contribution < 1.29 is 9.90 Å². The molecule has 0 bridgehead atoms. The Labute approximate surface area is 52.1 Å². The molecule has 0 aromatic rings. The van der Waals surface area contributed by atoms with Gasteiger partial charge in [-0.05, 0) is 0 Å². The molecule has 0 saturated carbocycles. The SMILES string of the molecule is NNCC(NN)C(=O)O. The lowest BCUT2D eigenvalue weighted by Crippen LogP contribution is -2.49. The number of nitrogens with two attached hydrogens (primary N) is 2. The molecule has 0 aliphatic heterocycles. The number of rotatable bonds is 4. The molecule has 0 aliphatic rings. The number of hydrogen-bond donors (Lipinski definition) is 5. The van der Waals surface area contributed by atoms with Gasteiger partial charge in [-0.2, -0.15) is 0 Å². The van der Waals surface area contributed by atoms with Crippen molar-refractivity contribution in [1.82, 2.24) is 10.9 Å². The van der Waals surface area contributed by atoms with Crippen LogP contribution in [0.3, 0.4) is 0 Å². The van der Waals surface area contributed by atoms with Crippen LogP contribution in [0.5, 0.6) is 0 Å². The third-order valence-corrected chi connectivity index (χ3v) is 0.821. The molecular formula is C3H10N4O2. The Morgan fingerprint density at radius 1 is 1.67 bits per heavy atom. The summed E-state index contributed by atoms with van der Waals surface area (Å²) in [5.41, 5.74) is 4.24. The van der Waals surface area contributed by atoms with Crippen LogP contribution in [-0.2, 0) is 4.79 Å². The molecule has 0 amide bonds. The van der Waals surface area contributed by atoms with E-state index in [4.69, 9.17) is 16.8 Å². The second-order valence-corrected chi connectivity index (χ2v) is 1.47. The Morgan fingerprint density at radius 2 is 2.22 bits per heavy atom. The summed E-state index contributed by atoms with van der Waals surface area (Å²) < 4.78 is 0. The van der Waals surface area contributed by atoms with Crippen molar-refractivity contribution in [2.75, 3.05) is 6.54 Å². The van der Waals surface area contributed by atoms with Crippen molar-refractivity contribution in [3.8, 4) is 0 Å². The van der Waals surface area contributed by atoms with Crippen LogP contribution in [0.4, 0.5) is 0 Å². The lowest BCUT2D eigenvalue weighted by atomic mass is 10.3. The van der Waals surface area contributed by atoms with Gasteiger partial charge in [-0.15, -0.1) is 0 Å². The van der Waals surface area contributed by atoms with Gasteiger partial charge >= 0.3 is 5.97 Å². The van der Waals surface area contributed by atoms with Gasteiger partial charge in [0.1, 0.15) is 6.04 Å². The van der Waals surface area contributed by atoms with E-state index in [-0.39, 0.29) is 6.54 Å². The summed E-state index contributed by atoms with van der Waals surface area (Å²) in [4.78, 5) is 10.1. The molecule has 1 atom stereocenters. The fourth-order valence-electron chi connectivity index (χ4n) is 0.335. The highest BCUT2D eigenvalue weighted by atomic mass is 16.4. The summed E-state index contributed by atoms with van der Waals surface area (Å²) in [5.74, 6) is 8.64. The molecule has 0 aromatic carbocycles. The monoisotopic (exact) mass is 134 g/mol. The van der Waals surface area contributed by atoms with Crippen LogP contribution in [0.25, 0.3) is 0 Å². The summed E-state index contributed by atoms with van der Waals surface area (Å²) in [7, 11) is 0. The second kappa shape index (κ2) is 4.21. The van der Waals surface area contributed by atoms with E-state index in [9.17, 15) is 4.79 Å². The van der Waals surface area contributed by atoms with Crippen molar-refractivity contribution in [1.29, 1.82) is 0 Å². The number of carboxylic acid groups (broad SMARTS) is 1. The van der Waals surface area contributed by atoms with E-state index in [2.05, 4.69) is 10.9 Å². The average molecular weight is 134 g/mol. The summed E-state index contributed by atoms with van der Waals surface area (Å²) in [5, 5.41) is 8.27. The topological polar surface area (TPSA) is 113 Å². The quantitative estimate of drug-likeness (QED) is 0.212. The summed E-state index contributed by atoms with van der Waals surface area (Å²) in [6.07, 6.45) is 0. The van der Waals surface area contributed by atoms with Crippen molar-refractivity contribution in [2.45, 2.75) is 6.04 Å². The smallest absolute Gasteiger partial charge is 0.323 e. The molecule has 0 radical (unpaired) electrons. The van der Waals surface area contributed by atoms with Crippen LogP contribution < -0.4 is 22.5 Å². The lowest BCUT2D eigenvalue weighted by molar-refractivity contribution is -0.139. The van der Waals surface area contributed by atoms with Crippen LogP contribution in [-0.4, -0.2) is 23.7 Å². The van der Waals surface area contributed by atoms with Gasteiger partial charge in [-0.25, -0.2) is 5.43 Å². The molecule has 0 aromatic heterocycles. The maximum Gasteiger partial charge on any atom is 0.323 e. The Balaban J connectivity index is 3.54. The van der Waals surface area contributed by atoms with Crippen molar-refractivity contribution in [3.05, 3.63) is 0 Å². The third kappa shape index (κ3) is 2.98. The maximum absolute atomic E-state index is 10.1. The first-order chi connectivity index (χ1) is 4.22. The molecular weight excluding hydrogens is 124 g/mol. The van der Waals surface area contributed by atoms with E-state index in [0.29, 0.717) is 0 Å². The van der Waals surface area contributed by atoms with Crippen LogP contribution in [0.15, 0.2) is 0 Å². The highest BCUT2D eigenvalue weighted by Gasteiger charge is 2.12. The Hall–Kier alpha value is -0.690. The Morgan fingerprint density at radius 3 is 2.33 bits per heavy atom. The van der Waals surface area contributed by atoms with Gasteiger partial charge in [-0.1, -0.05) is 0 Å². The molecule has 9 heavy (non-hydrogen) atoms. The minimum Gasteiger partial charge on any atom is -0.480 e. The normalized spacial score (nSPS) is 13.1. The third-order valence-electron chi connectivity index (χ3n) is 0.821. The van der Waals surface area contributed by atoms with Crippen LogP contribution in [0.2, 0.25) is 0 Å². The molecule has 0 spiro atoms. The molecule has 7 N–H and O–H groups in total. The number of nitrogens with one attached hydrogen (secondary N) is 2. The average Bonchev–Trinajstić information content (AvgIpc) is 1.82. The first-order valence-electron chi connectivity index (χ1n) is 2.34. The van der Waals surface area contributed by atoms with Crippen molar-refractivity contribution in [2.24, 2.45) is 11.7 Å².